The number of aryl methyl sites for hydroxylation is 2. The molecule has 1 heterocycles. The van der Waals surface area contributed by atoms with Gasteiger partial charge in [-0.25, -0.2) is 0 Å². The van der Waals surface area contributed by atoms with Crippen molar-refractivity contribution in [3.8, 4) is 11.4 Å². The van der Waals surface area contributed by atoms with E-state index in [2.05, 4.69) is 24.0 Å². The second-order valence-corrected chi connectivity index (χ2v) is 11.0. The van der Waals surface area contributed by atoms with Crippen LogP contribution in [0.1, 0.15) is 95.6 Å². The van der Waals surface area contributed by atoms with Crippen LogP contribution in [0.5, 0.6) is 5.75 Å². The van der Waals surface area contributed by atoms with Crippen molar-refractivity contribution in [2.75, 3.05) is 12.4 Å². The average molecular weight is 526 g/mol. The minimum atomic E-state index is -0.0751. The van der Waals surface area contributed by atoms with E-state index < -0.39 is 0 Å². The van der Waals surface area contributed by atoms with Crippen molar-refractivity contribution in [2.24, 2.45) is 0 Å². The molecular weight excluding hydrogens is 482 g/mol. The van der Waals surface area contributed by atoms with Gasteiger partial charge in [0.15, 0.2) is 0 Å². The fourth-order valence-electron chi connectivity index (χ4n) is 4.37. The minimum absolute atomic E-state index is 0.0751. The van der Waals surface area contributed by atoms with E-state index in [0.29, 0.717) is 18.7 Å². The van der Waals surface area contributed by atoms with Gasteiger partial charge in [-0.2, -0.15) is 0 Å². The van der Waals surface area contributed by atoms with Gasteiger partial charge in [0, 0.05) is 17.1 Å². The zero-order valence-corrected chi connectivity index (χ0v) is 23.6. The lowest BCUT2D eigenvalue weighted by Gasteiger charge is -2.10. The highest BCUT2D eigenvalue weighted by Crippen LogP contribution is 2.30. The molecule has 7 heteroatoms. The van der Waals surface area contributed by atoms with Crippen LogP contribution in [-0.4, -0.2) is 38.4 Å². The molecule has 0 spiro atoms. The van der Waals surface area contributed by atoms with Crippen LogP contribution in [0, 0.1) is 6.92 Å². The van der Waals surface area contributed by atoms with Crippen molar-refractivity contribution < 1.29 is 14.6 Å². The van der Waals surface area contributed by atoms with Gasteiger partial charge in [0.05, 0.1) is 6.61 Å². The maximum Gasteiger partial charge on any atom is 0.305 e. The molecule has 3 aromatic rings. The van der Waals surface area contributed by atoms with Gasteiger partial charge >= 0.3 is 5.97 Å². The zero-order chi connectivity index (χ0) is 26.5. The van der Waals surface area contributed by atoms with Crippen LogP contribution in [0.4, 0.5) is 0 Å². The van der Waals surface area contributed by atoms with E-state index in [0.717, 1.165) is 71.3 Å². The normalized spacial score (nSPS) is 11.3. The number of benzene rings is 2. The summed E-state index contributed by atoms with van der Waals surface area (Å²) < 4.78 is 5.40. The monoisotopic (exact) mass is 525 g/mol. The summed E-state index contributed by atoms with van der Waals surface area (Å²) in [5, 5.41) is 20.1. The van der Waals surface area contributed by atoms with Crippen molar-refractivity contribution >= 4 is 28.8 Å². The second-order valence-electron chi connectivity index (χ2n) is 9.83. The molecule has 0 bridgehead atoms. The quantitative estimate of drug-likeness (QED) is 0.109. The summed E-state index contributed by atoms with van der Waals surface area (Å²) in [7, 11) is 0. The molecule has 0 aliphatic rings. The predicted molar refractivity (Wildman–Crippen MR) is 153 cm³/mol. The lowest BCUT2D eigenvalue weighted by molar-refractivity contribution is -0.143. The van der Waals surface area contributed by atoms with Crippen molar-refractivity contribution in [1.29, 1.82) is 0 Å². The molecule has 2 aromatic carbocycles. The molecule has 0 radical (unpaired) electrons. The third-order valence-electron chi connectivity index (χ3n) is 6.48. The van der Waals surface area contributed by atoms with Gasteiger partial charge in [-0.1, -0.05) is 64.9 Å². The third-order valence-corrected chi connectivity index (χ3v) is 7.56. The molecule has 0 atom stereocenters. The van der Waals surface area contributed by atoms with E-state index >= 15 is 0 Å². The average Bonchev–Trinajstić information content (AvgIpc) is 3.31. The summed E-state index contributed by atoms with van der Waals surface area (Å²) >= 11 is 1.72. The molecular formula is C30H43N3O3S. The Hall–Kier alpha value is -2.54. The fourth-order valence-corrected chi connectivity index (χ4v) is 5.23. The Morgan fingerprint density at radius 1 is 0.919 bits per heavy atom. The van der Waals surface area contributed by atoms with Crippen LogP contribution in [0.25, 0.3) is 16.7 Å². The van der Waals surface area contributed by atoms with Crippen LogP contribution >= 0.6 is 11.8 Å². The van der Waals surface area contributed by atoms with Gasteiger partial charge in [-0.05, 0) is 68.0 Å². The Morgan fingerprint density at radius 3 is 2.43 bits per heavy atom. The summed E-state index contributed by atoms with van der Waals surface area (Å²) in [5.74, 6) is 1.05. The number of hydrogen-bond donors (Lipinski definition) is 1. The molecule has 0 fully saturated rings. The molecule has 0 saturated carbocycles. The zero-order valence-electron chi connectivity index (χ0n) is 22.8. The molecule has 0 amide bonds. The molecule has 202 valence electrons. The van der Waals surface area contributed by atoms with Crippen LogP contribution in [-0.2, 0) is 16.0 Å². The number of fused-ring (bicyclic) bond motifs is 1. The van der Waals surface area contributed by atoms with Crippen LogP contribution < -0.4 is 0 Å². The Morgan fingerprint density at radius 2 is 1.65 bits per heavy atom. The topological polar surface area (TPSA) is 77.2 Å². The maximum absolute atomic E-state index is 11.9. The fraction of sp³-hybridized carbons (Fsp3) is 0.567. The first kappa shape index (κ1) is 29.0. The van der Waals surface area contributed by atoms with Gasteiger partial charge < -0.3 is 9.84 Å². The Kier molecular flexibility index (Phi) is 12.3. The lowest BCUT2D eigenvalue weighted by Crippen LogP contribution is -2.06. The number of carbonyl (C=O) groups excluding carboxylic acids is 1. The number of esters is 1. The van der Waals surface area contributed by atoms with Crippen molar-refractivity contribution in [3.05, 3.63) is 41.5 Å². The van der Waals surface area contributed by atoms with Gasteiger partial charge in [0.25, 0.3) is 0 Å². The molecule has 0 aliphatic carbocycles. The molecule has 3 rings (SSSR count). The number of phenols is 1. The van der Waals surface area contributed by atoms with Gasteiger partial charge in [-0.15, -0.1) is 26.8 Å². The van der Waals surface area contributed by atoms with Gasteiger partial charge in [0.2, 0.25) is 0 Å². The highest BCUT2D eigenvalue weighted by molar-refractivity contribution is 7.99. The molecule has 1 N–H and O–H groups in total. The summed E-state index contributed by atoms with van der Waals surface area (Å²) in [6, 6.07) is 10.0. The van der Waals surface area contributed by atoms with Crippen molar-refractivity contribution in [3.63, 3.8) is 0 Å². The Labute approximate surface area is 226 Å². The van der Waals surface area contributed by atoms with Crippen LogP contribution in [0.2, 0.25) is 0 Å². The highest BCUT2D eigenvalue weighted by atomic mass is 32.2. The molecule has 1 aromatic heterocycles. The first-order chi connectivity index (χ1) is 18.0. The number of phenolic OH excluding ortho intramolecular Hbond substituents is 1. The van der Waals surface area contributed by atoms with E-state index in [1.165, 1.54) is 32.1 Å². The number of rotatable bonds is 17. The summed E-state index contributed by atoms with van der Waals surface area (Å²) in [6.07, 6.45) is 12.7. The van der Waals surface area contributed by atoms with Gasteiger partial charge in [-0.3, -0.25) is 4.79 Å². The van der Waals surface area contributed by atoms with Crippen molar-refractivity contribution in [1.82, 2.24) is 15.0 Å². The second kappa shape index (κ2) is 15.7. The smallest absolute Gasteiger partial charge is 0.305 e. The largest absolute Gasteiger partial charge is 0.505 e. The number of thioether (sulfide) groups is 1. The maximum atomic E-state index is 11.9. The first-order valence-corrected chi connectivity index (χ1v) is 15.0. The number of ether oxygens (including phenoxy) is 1. The standard InChI is InChI=1S/C30H43N3O3S/c1-4-6-8-9-10-11-12-15-29(34)36-18-13-19-37-25-16-17-26-27(22-25)32-33(31-26)28-21-23(3)20-24(30(28)35)14-7-5-2/h16-17,20-22,35H,4-15,18-19H2,1-3H3. The number of unbranched alkanes of at least 4 members (excludes halogenated alkanes) is 7. The Balaban J connectivity index is 1.44. The summed E-state index contributed by atoms with van der Waals surface area (Å²) in [6.45, 7) is 6.87. The summed E-state index contributed by atoms with van der Waals surface area (Å²) in [4.78, 5) is 14.6. The number of carbonyl (C=O) groups is 1. The van der Waals surface area contributed by atoms with E-state index in [1.807, 2.05) is 37.3 Å². The number of hydrogen-bond acceptors (Lipinski definition) is 6. The predicted octanol–water partition coefficient (Wildman–Crippen LogP) is 7.94. The first-order valence-electron chi connectivity index (χ1n) is 14.0. The van der Waals surface area contributed by atoms with E-state index in [9.17, 15) is 9.90 Å². The van der Waals surface area contributed by atoms with Crippen LogP contribution in [0.3, 0.4) is 0 Å². The van der Waals surface area contributed by atoms with E-state index in [1.54, 1.807) is 16.6 Å². The van der Waals surface area contributed by atoms with E-state index in [4.69, 9.17) is 4.74 Å². The van der Waals surface area contributed by atoms with Gasteiger partial charge in [0.1, 0.15) is 22.5 Å². The molecule has 37 heavy (non-hydrogen) atoms. The Bertz CT molecular complexity index is 1130. The summed E-state index contributed by atoms with van der Waals surface area (Å²) in [5.41, 5.74) is 4.23. The van der Waals surface area contributed by atoms with Crippen molar-refractivity contribution in [2.45, 2.75) is 103 Å². The van der Waals surface area contributed by atoms with Crippen LogP contribution in [0.15, 0.2) is 35.2 Å². The number of nitrogens with zero attached hydrogens (tertiary/aromatic N) is 3. The lowest BCUT2D eigenvalue weighted by atomic mass is 10.0. The number of aromatic hydroxyl groups is 1. The minimum Gasteiger partial charge on any atom is -0.505 e. The molecule has 0 unspecified atom stereocenters. The molecule has 6 nitrogen and oxygen atoms in total. The SMILES string of the molecule is CCCCCCCCCC(=O)OCCCSc1ccc2nn(-c3cc(C)cc(CCCC)c3O)nc2c1. The van der Waals surface area contributed by atoms with E-state index in [-0.39, 0.29) is 11.7 Å². The highest BCUT2D eigenvalue weighted by Gasteiger charge is 2.14. The molecule has 0 aliphatic heterocycles. The third kappa shape index (κ3) is 9.37. The number of aromatic nitrogens is 3. The molecule has 0 saturated heterocycles.